The van der Waals surface area contributed by atoms with Gasteiger partial charge in [-0.15, -0.1) is 6.42 Å². The molecule has 0 spiro atoms. The second-order valence-electron chi connectivity index (χ2n) is 63.8. The van der Waals surface area contributed by atoms with Crippen LogP contribution in [-0.4, -0.2) is 230 Å². The number of amides is 4. The van der Waals surface area contributed by atoms with E-state index in [-0.39, 0.29) is 74.2 Å². The highest BCUT2D eigenvalue weighted by Crippen LogP contribution is 2.35. The largest absolute Gasteiger partial charge is 0.392 e. The molecule has 0 aromatic carbocycles. The zero-order chi connectivity index (χ0) is 120. The lowest BCUT2D eigenvalue weighted by atomic mass is 9.89. The van der Waals surface area contributed by atoms with Gasteiger partial charge in [-0.2, -0.15) is 106 Å². The van der Waals surface area contributed by atoms with E-state index in [1.807, 2.05) is 94.3 Å². The van der Waals surface area contributed by atoms with Gasteiger partial charge in [0.15, 0.2) is 0 Å². The third kappa shape index (κ3) is 158. The van der Waals surface area contributed by atoms with Crippen LogP contribution in [0.4, 0.5) is 0 Å². The Bertz CT molecular complexity index is 3410. The normalized spacial score (nSPS) is 13.9. The summed E-state index contributed by atoms with van der Waals surface area (Å²) in [7, 11) is 6.04. The van der Waals surface area contributed by atoms with E-state index in [4.69, 9.17) is 6.42 Å². The van der Waals surface area contributed by atoms with Crippen molar-refractivity contribution in [2.45, 2.75) is 500 Å². The number of terminal acetylenes is 1. The fourth-order valence-corrected chi connectivity index (χ4v) is 22.0. The Hall–Kier alpha value is -0.520. The molecule has 5 N–H and O–H groups in total. The molecule has 0 aromatic heterocycles. The number of hydrogen-bond donors (Lipinski definition) is 5. The van der Waals surface area contributed by atoms with Crippen LogP contribution in [0.1, 0.15) is 477 Å². The Balaban J connectivity index is -0.000000212. The van der Waals surface area contributed by atoms with E-state index in [9.17, 15) is 43.8 Å². The number of Topliss-reactive ketones (excluding diaryl/α,β-unsaturated/α-hetero) is 3. The molecule has 149 heavy (non-hydrogen) atoms. The fraction of sp³-hybridized carbons (Fsp3) is 0.929. The van der Waals surface area contributed by atoms with Crippen molar-refractivity contribution in [2.75, 3.05) is 146 Å². The van der Waals surface area contributed by atoms with Gasteiger partial charge in [0.05, 0.1) is 29.6 Å². The van der Waals surface area contributed by atoms with Crippen LogP contribution in [0.15, 0.2) is 0 Å². The molecular formula is C126H257N5O9S9. The number of carbonyl (C=O) groups is 7. The first-order valence-electron chi connectivity index (χ1n) is 56.3. The summed E-state index contributed by atoms with van der Waals surface area (Å²) in [6.07, 6.45) is 18.2. The zero-order valence-electron chi connectivity index (χ0n) is 110. The van der Waals surface area contributed by atoms with Crippen molar-refractivity contribution in [1.29, 1.82) is 0 Å². The monoisotopic (exact) mass is 2270 g/mol. The third-order valence-corrected chi connectivity index (χ3v) is 34.5. The highest BCUT2D eigenvalue weighted by Gasteiger charge is 2.29. The standard InChI is InChI=1S/C16H34N2OS.C16H29NOS.C15H30OS.2C14H29NOS.2C14H28OS.C12H26OS.C11H24OS/c1-15(2,3)11-17-14(19)9-13(10-18(7)8)20-12-16(4,5)6;1-8-13(9-10-19-12-16(5,6)7)14(18)17-11-15(2,3)4;1-14(2,3)10-7-8-13(16)9-11-17-12-15(4,5)6;1-11(17-10-14(5,6)7)8-12(16)15-9-13(2,3)4;1-13(2,3)8-9-15(7)12(16)10-17-11-14(4,5)6;1-13(2,3)9-7-12(15)8-10-16-11-14(4,5)6;1-13(2,3)9-7-8-12(15)10-16-11-14(4,5)6;1-11(2,3)7-10(13)8-14-9-12(4,5)6;1-10(2,3)8-13-7-9(12)11(4,5)6/h13H,9-12H2,1-8H3,(H,17,19);1,13H,9-12H2,2-7H3,(H,17,18);7-12H2,1-6H3;11H,8-10H2,1-7H3,(H,15,16);8-11H2,1-7H3;2*7-11H2,1-6H3;10,13H,7-9H2,1-6H3;9,12H,7-8H2,1-6H3. The molecule has 23 heteroatoms. The Kier molecular flexibility index (Phi) is 89.5. The van der Waals surface area contributed by atoms with Gasteiger partial charge in [0, 0.05) is 118 Å². The maximum atomic E-state index is 12.1. The van der Waals surface area contributed by atoms with Crippen molar-refractivity contribution in [1.82, 2.24) is 25.8 Å². The van der Waals surface area contributed by atoms with Gasteiger partial charge in [-0.25, -0.2) is 0 Å². The number of nitrogens with one attached hydrogen (secondary N) is 3. The molecule has 14 nitrogen and oxygen atoms in total. The molecule has 0 rings (SSSR count). The molecule has 0 aliphatic rings. The SMILES string of the molecule is C#CC(CCSCC(C)(C)C)C(=O)NCC(C)(C)C.CC(C)(C)CCC(=O)CCSCC(C)(C)C.CC(C)(C)CCCC(=O)CCSCC(C)(C)C.CC(C)(C)CCCC(=O)CSCC(C)(C)C.CC(C)(C)CSCC(O)C(C)(C)C.CC(C)(C)CSCC(O)CC(C)(C)C.CC(CC(=O)NCC(C)(C)C)SCC(C)(C)C.CN(C)CC(CC(=O)NCC(C)(C)C)SCC(C)(C)C.CN(CCC(C)(C)C)C(=O)CSCC(C)(C)C. The predicted molar refractivity (Wildman–Crippen MR) is 693 cm³/mol. The summed E-state index contributed by atoms with van der Waals surface area (Å²) in [5.74, 6) is 20.0. The second-order valence-corrected chi connectivity index (χ2v) is 73.9. The summed E-state index contributed by atoms with van der Waals surface area (Å²) < 4.78 is 0. The van der Waals surface area contributed by atoms with Gasteiger partial charge in [-0.05, 0) is 220 Å². The molecular weight excluding hydrogens is 2020 g/mol. The number of aliphatic hydroxyl groups excluding tert-OH is 2. The first kappa shape index (κ1) is 166. The molecule has 0 aliphatic heterocycles. The Labute approximate surface area is 969 Å². The van der Waals surface area contributed by atoms with Crippen molar-refractivity contribution < 1.29 is 43.8 Å². The topological polar surface area (TPSA) is 203 Å². The smallest absolute Gasteiger partial charge is 0.235 e. The van der Waals surface area contributed by atoms with Crippen LogP contribution in [0.3, 0.4) is 0 Å². The van der Waals surface area contributed by atoms with Gasteiger partial charge in [-0.3, -0.25) is 33.6 Å². The number of ketones is 3. The molecule has 5 unspecified atom stereocenters. The molecule has 0 fully saturated rings. The summed E-state index contributed by atoms with van der Waals surface area (Å²) >= 11 is 16.7. The van der Waals surface area contributed by atoms with Crippen LogP contribution in [0.25, 0.3) is 0 Å². The minimum absolute atomic E-state index is 0.00576. The summed E-state index contributed by atoms with van der Waals surface area (Å²) in [4.78, 5) is 86.4. The van der Waals surface area contributed by atoms with Crippen molar-refractivity contribution in [3.63, 3.8) is 0 Å². The highest BCUT2D eigenvalue weighted by molar-refractivity contribution is 8.01. The Morgan fingerprint density at radius 3 is 0.973 bits per heavy atom. The van der Waals surface area contributed by atoms with Crippen LogP contribution < -0.4 is 16.0 Å². The minimum Gasteiger partial charge on any atom is -0.392 e. The molecule has 0 aliphatic carbocycles. The van der Waals surface area contributed by atoms with Gasteiger partial charge in [-0.1, -0.05) is 387 Å². The summed E-state index contributed by atoms with van der Waals surface area (Å²) in [5.41, 5.74) is 5.04. The van der Waals surface area contributed by atoms with Crippen molar-refractivity contribution >= 4 is 147 Å². The van der Waals surface area contributed by atoms with Crippen molar-refractivity contribution in [2.24, 2.45) is 103 Å². The maximum absolute atomic E-state index is 12.1. The maximum Gasteiger partial charge on any atom is 0.235 e. The number of rotatable bonds is 49. The molecule has 4 amide bonds. The van der Waals surface area contributed by atoms with Crippen molar-refractivity contribution in [3.8, 4) is 12.3 Å². The predicted octanol–water partition coefficient (Wildman–Crippen LogP) is 35.0. The van der Waals surface area contributed by atoms with E-state index in [0.29, 0.717) is 124 Å². The Morgan fingerprint density at radius 2 is 0.638 bits per heavy atom. The van der Waals surface area contributed by atoms with Crippen LogP contribution in [0, 0.1) is 116 Å². The highest BCUT2D eigenvalue weighted by atomic mass is 32.2. The second kappa shape index (κ2) is 80.3. The molecule has 894 valence electrons. The first-order valence-corrected chi connectivity index (χ1v) is 66.5. The summed E-state index contributed by atoms with van der Waals surface area (Å²) in [5, 5.41) is 29.3. The van der Waals surface area contributed by atoms with Crippen LogP contribution in [0.2, 0.25) is 0 Å². The molecule has 5 atom stereocenters. The lowest BCUT2D eigenvalue weighted by Gasteiger charge is -2.26. The van der Waals surface area contributed by atoms with Crippen LogP contribution in [0.5, 0.6) is 0 Å². The quantitative estimate of drug-likeness (QED) is 0.0284. The van der Waals surface area contributed by atoms with Crippen molar-refractivity contribution in [3.05, 3.63) is 0 Å². The van der Waals surface area contributed by atoms with E-state index in [2.05, 4.69) is 422 Å². The fourth-order valence-electron chi connectivity index (χ4n) is 11.3. The van der Waals surface area contributed by atoms with E-state index in [0.717, 1.165) is 190 Å². The average Bonchev–Trinajstić information content (AvgIpc) is 0.896. The molecule has 0 aromatic rings. The molecule has 0 radical (unpaired) electrons. The summed E-state index contributed by atoms with van der Waals surface area (Å²) in [6.45, 7) is 125. The number of aliphatic hydroxyl groups is 2. The van der Waals surface area contributed by atoms with E-state index in [1.54, 1.807) is 23.5 Å². The minimum atomic E-state index is -0.296. The van der Waals surface area contributed by atoms with E-state index >= 15 is 0 Å². The van der Waals surface area contributed by atoms with Crippen LogP contribution >= 0.6 is 106 Å². The lowest BCUT2D eigenvalue weighted by Crippen LogP contribution is -2.36. The zero-order valence-corrected chi connectivity index (χ0v) is 117. The Morgan fingerprint density at radius 1 is 0.322 bits per heavy atom. The van der Waals surface area contributed by atoms with E-state index < -0.39 is 0 Å². The number of carbonyl (C=O) groups excluding carboxylic acids is 7. The molecule has 0 saturated carbocycles. The van der Waals surface area contributed by atoms with Crippen LogP contribution in [-0.2, 0) is 33.6 Å². The third-order valence-electron chi connectivity index (χ3n) is 19.8. The van der Waals surface area contributed by atoms with E-state index in [1.165, 1.54) is 0 Å². The summed E-state index contributed by atoms with van der Waals surface area (Å²) in [6, 6.07) is 0. The van der Waals surface area contributed by atoms with Gasteiger partial charge in [0.2, 0.25) is 23.6 Å². The number of thioether (sulfide) groups is 9. The van der Waals surface area contributed by atoms with Gasteiger partial charge < -0.3 is 36.0 Å². The van der Waals surface area contributed by atoms with Gasteiger partial charge in [0.25, 0.3) is 0 Å². The van der Waals surface area contributed by atoms with Gasteiger partial charge in [0.1, 0.15) is 17.3 Å². The van der Waals surface area contributed by atoms with Gasteiger partial charge >= 0.3 is 0 Å². The molecule has 0 saturated heterocycles. The average molecular weight is 2280 g/mol. The molecule has 0 bridgehead atoms. The lowest BCUT2D eigenvalue weighted by molar-refractivity contribution is -0.127. The first-order chi connectivity index (χ1) is 66.0. The number of nitrogens with zero attached hydrogens (tertiary/aromatic N) is 2. The number of hydrogen-bond acceptors (Lipinski definition) is 19. The molecule has 0 heterocycles.